The van der Waals surface area contributed by atoms with Crippen molar-refractivity contribution in [3.63, 3.8) is 0 Å². The van der Waals surface area contributed by atoms with Crippen LogP contribution in [0, 0.1) is 0 Å². The van der Waals surface area contributed by atoms with Gasteiger partial charge < -0.3 is 16.2 Å². The fraction of sp³-hybridized carbons (Fsp3) is 0.900. The Labute approximate surface area is 86.0 Å². The van der Waals surface area contributed by atoms with Crippen molar-refractivity contribution in [2.45, 2.75) is 51.7 Å². The Kier molecular flexibility index (Phi) is 5.72. The van der Waals surface area contributed by atoms with Gasteiger partial charge in [-0.2, -0.15) is 0 Å². The number of hydrogen-bond donors (Lipinski definition) is 2. The van der Waals surface area contributed by atoms with Crippen molar-refractivity contribution >= 4 is 5.97 Å². The molecular weight excluding hydrogens is 180 g/mol. The van der Waals surface area contributed by atoms with Gasteiger partial charge in [0.1, 0.15) is 5.60 Å². The molecular formula is C10H22N2O2. The Bertz CT molecular complexity index is 175. The molecule has 0 aliphatic heterocycles. The smallest absolute Gasteiger partial charge is 0.307 e. The normalized spacial score (nSPS) is 13.8. The first-order valence-corrected chi connectivity index (χ1v) is 5.02. The monoisotopic (exact) mass is 202 g/mol. The van der Waals surface area contributed by atoms with Crippen LogP contribution in [0.3, 0.4) is 0 Å². The van der Waals surface area contributed by atoms with Crippen LogP contribution in [0.25, 0.3) is 0 Å². The molecule has 0 saturated carbocycles. The van der Waals surface area contributed by atoms with Gasteiger partial charge in [-0.1, -0.05) is 0 Å². The maximum Gasteiger partial charge on any atom is 0.307 e. The molecule has 0 spiro atoms. The summed E-state index contributed by atoms with van der Waals surface area (Å²) < 4.78 is 5.14. The van der Waals surface area contributed by atoms with Gasteiger partial charge in [0, 0.05) is 6.04 Å². The van der Waals surface area contributed by atoms with E-state index in [1.54, 1.807) is 0 Å². The third kappa shape index (κ3) is 8.01. The Morgan fingerprint density at radius 2 is 2.00 bits per heavy atom. The van der Waals surface area contributed by atoms with Crippen molar-refractivity contribution in [3.05, 3.63) is 0 Å². The quantitative estimate of drug-likeness (QED) is 0.646. The van der Waals surface area contributed by atoms with E-state index in [1.165, 1.54) is 0 Å². The van der Waals surface area contributed by atoms with Crippen LogP contribution in [-0.4, -0.2) is 24.2 Å². The van der Waals surface area contributed by atoms with Crippen LogP contribution in [0.15, 0.2) is 0 Å². The fourth-order valence-electron chi connectivity index (χ4n) is 1.08. The first kappa shape index (κ1) is 13.4. The maximum absolute atomic E-state index is 11.3. The van der Waals surface area contributed by atoms with Gasteiger partial charge in [0.2, 0.25) is 0 Å². The Balaban J connectivity index is 3.71. The predicted octanol–water partition coefficient (Wildman–Crippen LogP) is 0.784. The van der Waals surface area contributed by atoms with Crippen molar-refractivity contribution in [3.8, 4) is 0 Å². The standard InChI is InChI=1S/C10H22N2O2/c1-10(2,3)14-9(13)7-8(12)5-4-6-11/h8H,4-7,11-12H2,1-3H3/t8-/m0/s1. The number of rotatable bonds is 5. The van der Waals surface area contributed by atoms with E-state index in [1.807, 2.05) is 20.8 Å². The SMILES string of the molecule is CC(C)(C)OC(=O)C[C@@H](N)CCCN. The fourth-order valence-corrected chi connectivity index (χ4v) is 1.08. The van der Waals surface area contributed by atoms with Crippen molar-refractivity contribution in [1.82, 2.24) is 0 Å². The highest BCUT2D eigenvalue weighted by Crippen LogP contribution is 2.09. The van der Waals surface area contributed by atoms with Crippen LogP contribution >= 0.6 is 0 Å². The summed E-state index contributed by atoms with van der Waals surface area (Å²) in [4.78, 5) is 11.3. The average molecular weight is 202 g/mol. The molecule has 0 unspecified atom stereocenters. The molecule has 4 heteroatoms. The maximum atomic E-state index is 11.3. The molecule has 0 heterocycles. The number of esters is 1. The summed E-state index contributed by atoms with van der Waals surface area (Å²) in [6.45, 7) is 6.14. The summed E-state index contributed by atoms with van der Waals surface area (Å²) in [5.41, 5.74) is 10.6. The minimum Gasteiger partial charge on any atom is -0.460 e. The van der Waals surface area contributed by atoms with Crippen LogP contribution in [0.1, 0.15) is 40.0 Å². The van der Waals surface area contributed by atoms with Gasteiger partial charge in [-0.15, -0.1) is 0 Å². The van der Waals surface area contributed by atoms with Gasteiger partial charge in [0.05, 0.1) is 6.42 Å². The number of ether oxygens (including phenoxy) is 1. The molecule has 1 atom stereocenters. The molecule has 4 N–H and O–H groups in total. The molecule has 0 radical (unpaired) electrons. The van der Waals surface area contributed by atoms with Gasteiger partial charge in [0.25, 0.3) is 0 Å². The second-order valence-corrected chi connectivity index (χ2v) is 4.48. The Morgan fingerprint density at radius 1 is 1.43 bits per heavy atom. The van der Waals surface area contributed by atoms with E-state index in [2.05, 4.69) is 0 Å². The number of carbonyl (C=O) groups is 1. The van der Waals surface area contributed by atoms with Gasteiger partial charge in [-0.05, 0) is 40.2 Å². The molecule has 0 aliphatic carbocycles. The van der Waals surface area contributed by atoms with Gasteiger partial charge in [-0.25, -0.2) is 0 Å². The van der Waals surface area contributed by atoms with Crippen molar-refractivity contribution in [2.75, 3.05) is 6.54 Å². The molecule has 0 fully saturated rings. The van der Waals surface area contributed by atoms with Gasteiger partial charge in [-0.3, -0.25) is 4.79 Å². The predicted molar refractivity (Wildman–Crippen MR) is 56.7 cm³/mol. The van der Waals surface area contributed by atoms with E-state index >= 15 is 0 Å². The largest absolute Gasteiger partial charge is 0.460 e. The second kappa shape index (κ2) is 5.98. The summed E-state index contributed by atoms with van der Waals surface area (Å²) in [5.74, 6) is -0.234. The number of hydrogen-bond acceptors (Lipinski definition) is 4. The highest BCUT2D eigenvalue weighted by Gasteiger charge is 2.18. The highest BCUT2D eigenvalue weighted by atomic mass is 16.6. The van der Waals surface area contributed by atoms with E-state index in [0.29, 0.717) is 6.54 Å². The Morgan fingerprint density at radius 3 is 2.43 bits per heavy atom. The lowest BCUT2D eigenvalue weighted by molar-refractivity contribution is -0.155. The first-order valence-electron chi connectivity index (χ1n) is 5.02. The molecule has 0 saturated heterocycles. The molecule has 0 amide bonds. The topological polar surface area (TPSA) is 78.3 Å². The highest BCUT2D eigenvalue weighted by molar-refractivity contribution is 5.70. The molecule has 14 heavy (non-hydrogen) atoms. The average Bonchev–Trinajstić information content (AvgIpc) is 1.96. The van der Waals surface area contributed by atoms with Crippen molar-refractivity contribution in [1.29, 1.82) is 0 Å². The van der Waals surface area contributed by atoms with E-state index in [-0.39, 0.29) is 18.4 Å². The van der Waals surface area contributed by atoms with Crippen LogP contribution in [0.4, 0.5) is 0 Å². The molecule has 0 rings (SSSR count). The number of carbonyl (C=O) groups excluding carboxylic acids is 1. The zero-order chi connectivity index (χ0) is 11.2. The zero-order valence-electron chi connectivity index (χ0n) is 9.38. The van der Waals surface area contributed by atoms with Gasteiger partial charge >= 0.3 is 5.97 Å². The third-order valence-electron chi connectivity index (χ3n) is 1.63. The lowest BCUT2D eigenvalue weighted by atomic mass is 10.1. The summed E-state index contributed by atoms with van der Waals surface area (Å²) in [7, 11) is 0. The second-order valence-electron chi connectivity index (χ2n) is 4.48. The minimum absolute atomic E-state index is 0.131. The van der Waals surface area contributed by atoms with Crippen LogP contribution in [0.5, 0.6) is 0 Å². The van der Waals surface area contributed by atoms with E-state index in [0.717, 1.165) is 12.8 Å². The zero-order valence-corrected chi connectivity index (χ0v) is 9.38. The van der Waals surface area contributed by atoms with Gasteiger partial charge in [0.15, 0.2) is 0 Å². The molecule has 0 aliphatic rings. The van der Waals surface area contributed by atoms with Crippen molar-refractivity contribution < 1.29 is 9.53 Å². The third-order valence-corrected chi connectivity index (χ3v) is 1.63. The van der Waals surface area contributed by atoms with E-state index in [4.69, 9.17) is 16.2 Å². The minimum atomic E-state index is -0.426. The van der Waals surface area contributed by atoms with E-state index < -0.39 is 5.60 Å². The lowest BCUT2D eigenvalue weighted by Crippen LogP contribution is -2.30. The molecule has 0 aromatic rings. The molecule has 4 nitrogen and oxygen atoms in total. The summed E-state index contributed by atoms with van der Waals surface area (Å²) >= 11 is 0. The van der Waals surface area contributed by atoms with Crippen LogP contribution in [-0.2, 0) is 9.53 Å². The summed E-state index contributed by atoms with van der Waals surface area (Å²) in [5, 5.41) is 0. The van der Waals surface area contributed by atoms with E-state index in [9.17, 15) is 4.79 Å². The summed E-state index contributed by atoms with van der Waals surface area (Å²) in [6.07, 6.45) is 1.90. The Hall–Kier alpha value is -0.610. The lowest BCUT2D eigenvalue weighted by Gasteiger charge is -2.20. The summed E-state index contributed by atoms with van der Waals surface area (Å²) in [6, 6.07) is -0.131. The number of nitrogens with two attached hydrogens (primary N) is 2. The van der Waals surface area contributed by atoms with Crippen LogP contribution < -0.4 is 11.5 Å². The molecule has 84 valence electrons. The van der Waals surface area contributed by atoms with Crippen LogP contribution in [0.2, 0.25) is 0 Å². The molecule has 0 aromatic heterocycles. The van der Waals surface area contributed by atoms with Crippen molar-refractivity contribution in [2.24, 2.45) is 11.5 Å². The first-order chi connectivity index (χ1) is 6.35. The molecule has 0 bridgehead atoms. The molecule has 0 aromatic carbocycles.